The molecule has 0 nitrogen and oxygen atoms in total. The van der Waals surface area contributed by atoms with E-state index in [1.54, 1.807) is 11.3 Å². The molecule has 27 aromatic rings. The van der Waals surface area contributed by atoms with Crippen molar-refractivity contribution in [2.24, 2.45) is 0 Å². The Hall–Kier alpha value is -16.0. The van der Waals surface area contributed by atoms with E-state index in [0.717, 1.165) is 32.7 Å². The van der Waals surface area contributed by atoms with Crippen molar-refractivity contribution in [3.05, 3.63) is 485 Å². The second-order valence-corrected chi connectivity index (χ2v) is 37.1. The monoisotopic (exact) mass is 1720 g/mol. The Morgan fingerprint density at radius 3 is 0.939 bits per heavy atom. The van der Waals surface area contributed by atoms with Gasteiger partial charge in [0.15, 0.2) is 0 Å². The Morgan fingerprint density at radius 1 is 0.137 bits per heavy atom. The van der Waals surface area contributed by atoms with Gasteiger partial charge in [0.1, 0.15) is 0 Å². The van der Waals surface area contributed by atoms with Crippen LogP contribution >= 0.6 is 34.0 Å². The highest BCUT2D eigenvalue weighted by atomic mass is 32.1. The zero-order valence-electron chi connectivity index (χ0n) is 76.0. The molecule has 0 aliphatic rings. The van der Waals surface area contributed by atoms with Gasteiger partial charge in [-0.05, 0) is 270 Å². The summed E-state index contributed by atoms with van der Waals surface area (Å²) < 4.78 is 50.2. The number of rotatable bonds is 10. The van der Waals surface area contributed by atoms with E-state index in [0.29, 0.717) is 5.56 Å². The molecule has 27 rings (SSSR count). The molecule has 131 heavy (non-hydrogen) atoms. The van der Waals surface area contributed by atoms with E-state index in [4.69, 9.17) is 6.85 Å². The number of fused-ring (bicyclic) bond motifs is 17. The van der Waals surface area contributed by atoms with E-state index in [9.17, 15) is 0 Å². The fraction of sp³-hybridized carbons (Fsp3) is 0. The van der Waals surface area contributed by atoms with E-state index < -0.39 is 0 Å². The quantitative estimate of drug-likeness (QED) is 0.120. The van der Waals surface area contributed by atoms with Crippen LogP contribution in [-0.4, -0.2) is 0 Å². The van der Waals surface area contributed by atoms with Gasteiger partial charge in [-0.15, -0.1) is 34.0 Å². The lowest BCUT2D eigenvalue weighted by molar-refractivity contribution is 1.62. The molecule has 3 heteroatoms. The molecule has 0 aliphatic carbocycles. The zero-order valence-corrected chi connectivity index (χ0v) is 73.5. The minimum absolute atomic E-state index is 0.195. The standard InChI is InChI=1S/C48H30S.C42H26S.C38H24S/c1-2-12-32(13-3-1)47-40-17-6-8-19-42(40)48(43-20-9-7-18-41(43)47)38-24-26-45-44(29-38)39-25-23-37(30-46(39)49-45)35-16-10-15-34(28-35)36-22-21-31-11-4-5-14-33(31)27-36;1-2-13-28(14-3-1)40-33-17-6-8-19-35(33)41(36-20-9-7-18-34(36)40)29-24-25-38-37(26-29)42-32(22-11-23-39(42)43-38)31-21-10-15-27-12-4-5-16-30(27)31;1-3-11-25(12-4-1)27-19-21-35-33(23-27)34-24-28(20-22-36(34)39-35)38-31-17-9-7-15-29(31)37(26-13-5-2-6-14-26)30-16-8-10-18-32(30)38/h1-30H;1-26H;1-24H/i;;2D,5D,6D,13D,14D. The van der Waals surface area contributed by atoms with Gasteiger partial charge in [-0.1, -0.05) is 412 Å². The zero-order chi connectivity index (χ0) is 90.8. The molecular formula is C128H80S3. The Labute approximate surface area is 778 Å². The third kappa shape index (κ3) is 13.6. The third-order valence-corrected chi connectivity index (χ3v) is 29.9. The van der Waals surface area contributed by atoms with E-state index in [2.05, 4.69) is 413 Å². The van der Waals surface area contributed by atoms with E-state index >= 15 is 0 Å². The second kappa shape index (κ2) is 32.7. The molecular weight excluding hydrogens is 1630 g/mol. The lowest BCUT2D eigenvalue weighted by Gasteiger charge is -2.18. The fourth-order valence-electron chi connectivity index (χ4n) is 20.6. The first-order chi connectivity index (χ1) is 67.0. The maximum Gasteiger partial charge on any atom is 0.0629 e. The summed E-state index contributed by atoms with van der Waals surface area (Å²) in [5.41, 5.74) is 23.2. The molecule has 0 unspecified atom stereocenters. The van der Waals surface area contributed by atoms with Gasteiger partial charge in [-0.2, -0.15) is 0 Å². The maximum absolute atomic E-state index is 8.80. The summed E-state index contributed by atoms with van der Waals surface area (Å²) in [5.74, 6) is 0. The summed E-state index contributed by atoms with van der Waals surface area (Å²) in [5, 5.41) is 26.7. The summed E-state index contributed by atoms with van der Waals surface area (Å²) in [4.78, 5) is 0. The van der Waals surface area contributed by atoms with E-state index in [1.165, 1.54) is 214 Å². The highest BCUT2D eigenvalue weighted by molar-refractivity contribution is 7.26. The van der Waals surface area contributed by atoms with Crippen LogP contribution in [0.3, 0.4) is 0 Å². The molecule has 0 radical (unpaired) electrons. The van der Waals surface area contributed by atoms with Crippen LogP contribution in [0.2, 0.25) is 0 Å². The third-order valence-electron chi connectivity index (χ3n) is 26.4. The van der Waals surface area contributed by atoms with Crippen LogP contribution < -0.4 is 0 Å². The molecule has 0 saturated carbocycles. The Bertz CT molecular complexity index is 9360. The Balaban J connectivity index is 0.000000109. The molecule has 0 spiro atoms. The number of thiophene rings is 3. The van der Waals surface area contributed by atoms with Gasteiger partial charge >= 0.3 is 0 Å². The predicted octanol–water partition coefficient (Wildman–Crippen LogP) is 38.1. The molecule has 610 valence electrons. The van der Waals surface area contributed by atoms with Gasteiger partial charge in [-0.3, -0.25) is 0 Å². The van der Waals surface area contributed by atoms with Crippen LogP contribution in [0.5, 0.6) is 0 Å². The molecule has 0 fully saturated rings. The van der Waals surface area contributed by atoms with Crippen LogP contribution in [-0.2, 0) is 0 Å². The first-order valence-electron chi connectivity index (χ1n) is 47.1. The largest absolute Gasteiger partial charge is 0.135 e. The smallest absolute Gasteiger partial charge is 0.0629 e. The van der Waals surface area contributed by atoms with Crippen LogP contribution in [0.15, 0.2) is 485 Å². The van der Waals surface area contributed by atoms with Gasteiger partial charge < -0.3 is 0 Å². The van der Waals surface area contributed by atoms with Gasteiger partial charge in [0, 0.05) is 60.5 Å². The summed E-state index contributed by atoms with van der Waals surface area (Å²) in [6.45, 7) is 0. The predicted molar refractivity (Wildman–Crippen MR) is 572 cm³/mol. The van der Waals surface area contributed by atoms with Crippen LogP contribution in [0.25, 0.3) is 258 Å². The molecule has 3 heterocycles. The van der Waals surface area contributed by atoms with Crippen molar-refractivity contribution >= 4 is 181 Å². The topological polar surface area (TPSA) is 0 Å². The molecule has 0 saturated heterocycles. The van der Waals surface area contributed by atoms with Gasteiger partial charge in [-0.25, -0.2) is 0 Å². The Kier molecular flexibility index (Phi) is 18.0. The SMILES string of the molecule is [2H]c1c([2H])c([2H])c(-c2c3ccccc3c(-c3ccc4sc5ccc(-c6ccccc6)cc5c4c3)c3ccccc23)c([2H])c1[2H].c1ccc(-c2c3ccccc3c(-c3ccc4sc5cc(-c6cccc(-c7ccc8ccccc8c7)c6)ccc5c4c3)c3ccccc23)cc1.c1ccc(-c2c3ccccc3c(-c3ccc4sc5cccc(-c6cccc7ccccc67)c5c4c3)c3ccccc23)cc1. The molecule has 0 atom stereocenters. The van der Waals surface area contributed by atoms with Crippen molar-refractivity contribution in [2.45, 2.75) is 0 Å². The Morgan fingerprint density at radius 2 is 0.443 bits per heavy atom. The summed E-state index contributed by atoms with van der Waals surface area (Å²) in [7, 11) is 0. The molecule has 0 aliphatic heterocycles. The van der Waals surface area contributed by atoms with Gasteiger partial charge in [0.2, 0.25) is 0 Å². The minimum atomic E-state index is -0.388. The highest BCUT2D eigenvalue weighted by Crippen LogP contribution is 2.52. The molecule has 24 aromatic carbocycles. The first-order valence-corrected chi connectivity index (χ1v) is 47.0. The second-order valence-electron chi connectivity index (χ2n) is 33.8. The van der Waals surface area contributed by atoms with Crippen molar-refractivity contribution in [1.82, 2.24) is 0 Å². The minimum Gasteiger partial charge on any atom is -0.135 e. The van der Waals surface area contributed by atoms with Crippen molar-refractivity contribution < 1.29 is 6.85 Å². The van der Waals surface area contributed by atoms with Crippen LogP contribution in [0.4, 0.5) is 0 Å². The molecule has 0 bridgehead atoms. The average Bonchev–Trinajstić information content (AvgIpc) is 0.977. The van der Waals surface area contributed by atoms with Crippen LogP contribution in [0.1, 0.15) is 6.85 Å². The highest BCUT2D eigenvalue weighted by Gasteiger charge is 2.24. The summed E-state index contributed by atoms with van der Waals surface area (Å²) >= 11 is 5.56. The summed E-state index contributed by atoms with van der Waals surface area (Å²) in [6.07, 6.45) is 0. The lowest BCUT2D eigenvalue weighted by Crippen LogP contribution is -1.90. The lowest BCUT2D eigenvalue weighted by atomic mass is 9.85. The molecule has 0 N–H and O–H groups in total. The molecule has 0 amide bonds. The number of hydrogen-bond donors (Lipinski definition) is 0. The van der Waals surface area contributed by atoms with Crippen molar-refractivity contribution in [1.29, 1.82) is 0 Å². The molecule has 3 aromatic heterocycles. The normalized spacial score (nSPS) is 12.2. The number of benzene rings is 24. The van der Waals surface area contributed by atoms with Crippen LogP contribution in [0, 0.1) is 0 Å². The van der Waals surface area contributed by atoms with Gasteiger partial charge in [0.25, 0.3) is 0 Å². The first kappa shape index (κ1) is 72.1. The maximum atomic E-state index is 8.80. The van der Waals surface area contributed by atoms with Gasteiger partial charge in [0.05, 0.1) is 6.85 Å². The number of hydrogen-bond acceptors (Lipinski definition) is 3. The van der Waals surface area contributed by atoms with E-state index in [1.807, 2.05) is 65.1 Å². The van der Waals surface area contributed by atoms with E-state index in [-0.39, 0.29) is 35.8 Å². The van der Waals surface area contributed by atoms with Crippen molar-refractivity contribution in [3.63, 3.8) is 0 Å². The summed E-state index contributed by atoms with van der Waals surface area (Å²) in [6, 6.07) is 163. The van der Waals surface area contributed by atoms with Crippen molar-refractivity contribution in [3.8, 4) is 111 Å². The van der Waals surface area contributed by atoms with Crippen molar-refractivity contribution in [2.75, 3.05) is 0 Å². The fourth-order valence-corrected chi connectivity index (χ4v) is 23.9. The average molecular weight is 1720 g/mol.